The number of nitrogens with one attached hydrogen (secondary N) is 1. The van der Waals surface area contributed by atoms with Crippen LogP contribution in [-0.2, 0) is 0 Å². The van der Waals surface area contributed by atoms with Crippen LogP contribution in [0.15, 0.2) is 40.9 Å². The zero-order chi connectivity index (χ0) is 14.7. The van der Waals surface area contributed by atoms with Gasteiger partial charge >= 0.3 is 5.97 Å². The molecular weight excluding hydrogens is 344 g/mol. The molecule has 0 aliphatic heterocycles. The molecule has 2 aromatic rings. The fraction of sp³-hybridized carbons (Fsp3) is 0. The van der Waals surface area contributed by atoms with Gasteiger partial charge in [0.15, 0.2) is 0 Å². The molecule has 0 bridgehead atoms. The van der Waals surface area contributed by atoms with E-state index in [0.717, 1.165) is 0 Å². The number of aromatic carboxylic acids is 1. The molecule has 0 saturated heterocycles. The molecule has 0 aliphatic carbocycles. The molecule has 2 rings (SSSR count). The summed E-state index contributed by atoms with van der Waals surface area (Å²) in [6.45, 7) is 0. The van der Waals surface area contributed by atoms with Crippen molar-refractivity contribution in [3.05, 3.63) is 57.0 Å². The average molecular weight is 352 g/mol. The molecule has 2 N–H and O–H groups in total. The highest BCUT2D eigenvalue weighted by atomic mass is 79.9. The Hall–Kier alpha value is -2.03. The Bertz CT molecular complexity index is 726. The van der Waals surface area contributed by atoms with Crippen LogP contribution in [0.5, 0.6) is 0 Å². The van der Waals surface area contributed by atoms with Crippen LogP contribution in [0.2, 0.25) is 5.02 Å². The Kier molecular flexibility index (Phi) is 4.28. The summed E-state index contributed by atoms with van der Waals surface area (Å²) in [5, 5.41) is 21.4. The van der Waals surface area contributed by atoms with Crippen LogP contribution in [0.25, 0.3) is 0 Å². The molecule has 4 nitrogen and oxygen atoms in total. The van der Waals surface area contributed by atoms with E-state index in [1.54, 1.807) is 24.3 Å². The summed E-state index contributed by atoms with van der Waals surface area (Å²) in [6.07, 6.45) is 0. The van der Waals surface area contributed by atoms with E-state index < -0.39 is 5.97 Å². The molecule has 6 heteroatoms. The van der Waals surface area contributed by atoms with E-state index >= 15 is 0 Å². The molecule has 0 amide bonds. The van der Waals surface area contributed by atoms with E-state index in [1.807, 2.05) is 6.07 Å². The fourth-order valence-electron chi connectivity index (χ4n) is 1.64. The Morgan fingerprint density at radius 1 is 1.30 bits per heavy atom. The van der Waals surface area contributed by atoms with Gasteiger partial charge in [0.1, 0.15) is 6.07 Å². The van der Waals surface area contributed by atoms with Gasteiger partial charge in [0.2, 0.25) is 0 Å². The molecule has 0 atom stereocenters. The summed E-state index contributed by atoms with van der Waals surface area (Å²) < 4.78 is 0.585. The van der Waals surface area contributed by atoms with Gasteiger partial charge in [0.25, 0.3) is 0 Å². The van der Waals surface area contributed by atoms with E-state index in [0.29, 0.717) is 26.4 Å². The number of hydrogen-bond acceptors (Lipinski definition) is 3. The van der Waals surface area contributed by atoms with Crippen LogP contribution >= 0.6 is 27.5 Å². The van der Waals surface area contributed by atoms with Crippen LogP contribution in [0, 0.1) is 11.3 Å². The van der Waals surface area contributed by atoms with Crippen LogP contribution in [0.4, 0.5) is 11.4 Å². The van der Waals surface area contributed by atoms with Gasteiger partial charge in [-0.2, -0.15) is 5.26 Å². The number of anilines is 2. The molecular formula is C14H8BrClN2O2. The van der Waals surface area contributed by atoms with E-state index in [9.17, 15) is 4.79 Å². The molecule has 2 aromatic carbocycles. The number of carboxylic acid groups (broad SMARTS) is 1. The van der Waals surface area contributed by atoms with Crippen molar-refractivity contribution in [2.45, 2.75) is 0 Å². The molecule has 0 spiro atoms. The maximum Gasteiger partial charge on any atom is 0.335 e. The lowest BCUT2D eigenvalue weighted by molar-refractivity contribution is 0.0697. The summed E-state index contributed by atoms with van der Waals surface area (Å²) in [5.41, 5.74) is 1.72. The topological polar surface area (TPSA) is 73.1 Å². The van der Waals surface area contributed by atoms with E-state index in [-0.39, 0.29) is 5.56 Å². The number of rotatable bonds is 3. The molecule has 0 radical (unpaired) electrons. The first kappa shape index (κ1) is 14.4. The maximum atomic E-state index is 10.9. The molecule has 20 heavy (non-hydrogen) atoms. The minimum Gasteiger partial charge on any atom is -0.478 e. The van der Waals surface area contributed by atoms with Crippen molar-refractivity contribution < 1.29 is 9.90 Å². The molecule has 0 saturated carbocycles. The number of hydrogen-bond donors (Lipinski definition) is 2. The van der Waals surface area contributed by atoms with Gasteiger partial charge in [-0.15, -0.1) is 0 Å². The first-order valence-corrected chi connectivity index (χ1v) is 6.68. The second-order valence-electron chi connectivity index (χ2n) is 3.90. The number of nitriles is 1. The standard InChI is InChI=1S/C14H8BrClN2O2/c15-10-6-8(14(19)20)4-5-13(10)18-12-3-1-2-11(16)9(12)7-17/h1-6,18H,(H,19,20). The molecule has 100 valence electrons. The minimum atomic E-state index is -1.00. The van der Waals surface area contributed by atoms with E-state index in [1.165, 1.54) is 12.1 Å². The Labute approximate surface area is 128 Å². The predicted octanol–water partition coefficient (Wildman–Crippen LogP) is 4.42. The summed E-state index contributed by atoms with van der Waals surface area (Å²) in [4.78, 5) is 10.9. The fourth-order valence-corrected chi connectivity index (χ4v) is 2.33. The van der Waals surface area contributed by atoms with Gasteiger partial charge < -0.3 is 10.4 Å². The number of halogens is 2. The Balaban J connectivity index is 2.39. The van der Waals surface area contributed by atoms with Crippen LogP contribution < -0.4 is 5.32 Å². The summed E-state index contributed by atoms with van der Waals surface area (Å²) in [6, 6.07) is 11.7. The lowest BCUT2D eigenvalue weighted by Gasteiger charge is -2.11. The van der Waals surface area contributed by atoms with Gasteiger partial charge in [-0.05, 0) is 46.3 Å². The molecule has 0 unspecified atom stereocenters. The number of carbonyl (C=O) groups is 1. The number of benzene rings is 2. The lowest BCUT2D eigenvalue weighted by atomic mass is 10.1. The normalized spacial score (nSPS) is 9.85. The van der Waals surface area contributed by atoms with Crippen LogP contribution in [-0.4, -0.2) is 11.1 Å². The second-order valence-corrected chi connectivity index (χ2v) is 5.16. The number of carboxylic acids is 1. The highest BCUT2D eigenvalue weighted by Gasteiger charge is 2.10. The Morgan fingerprint density at radius 3 is 2.65 bits per heavy atom. The van der Waals surface area contributed by atoms with Crippen molar-refractivity contribution in [1.29, 1.82) is 5.26 Å². The average Bonchev–Trinajstić information content (AvgIpc) is 2.41. The SMILES string of the molecule is N#Cc1c(Cl)cccc1Nc1ccc(C(=O)O)cc1Br. The van der Waals surface area contributed by atoms with Gasteiger partial charge in [-0.1, -0.05) is 17.7 Å². The predicted molar refractivity (Wildman–Crippen MR) is 80.6 cm³/mol. The maximum absolute atomic E-state index is 10.9. The first-order valence-electron chi connectivity index (χ1n) is 5.51. The van der Waals surface area contributed by atoms with Crippen molar-refractivity contribution in [3.63, 3.8) is 0 Å². The smallest absolute Gasteiger partial charge is 0.335 e. The van der Waals surface area contributed by atoms with Gasteiger partial charge in [-0.25, -0.2) is 4.79 Å². The highest BCUT2D eigenvalue weighted by molar-refractivity contribution is 9.10. The van der Waals surface area contributed by atoms with E-state index in [2.05, 4.69) is 21.2 Å². The van der Waals surface area contributed by atoms with Crippen molar-refractivity contribution >= 4 is 44.9 Å². The molecule has 0 aliphatic rings. The van der Waals surface area contributed by atoms with E-state index in [4.69, 9.17) is 22.0 Å². The van der Waals surface area contributed by atoms with Crippen molar-refractivity contribution in [1.82, 2.24) is 0 Å². The summed E-state index contributed by atoms with van der Waals surface area (Å²) in [7, 11) is 0. The summed E-state index contributed by atoms with van der Waals surface area (Å²) in [5.74, 6) is -1.00. The largest absolute Gasteiger partial charge is 0.478 e. The van der Waals surface area contributed by atoms with Crippen molar-refractivity contribution in [2.24, 2.45) is 0 Å². The molecule has 0 aromatic heterocycles. The third-order valence-electron chi connectivity index (χ3n) is 2.61. The minimum absolute atomic E-state index is 0.175. The van der Waals surface area contributed by atoms with Crippen LogP contribution in [0.3, 0.4) is 0 Å². The zero-order valence-electron chi connectivity index (χ0n) is 10.0. The van der Waals surface area contributed by atoms with Gasteiger partial charge in [0.05, 0.1) is 27.5 Å². The zero-order valence-corrected chi connectivity index (χ0v) is 12.4. The Morgan fingerprint density at radius 2 is 2.05 bits per heavy atom. The summed E-state index contributed by atoms with van der Waals surface area (Å²) >= 11 is 9.25. The quantitative estimate of drug-likeness (QED) is 0.858. The number of nitrogens with zero attached hydrogens (tertiary/aromatic N) is 1. The third kappa shape index (κ3) is 2.93. The van der Waals surface area contributed by atoms with Crippen molar-refractivity contribution in [3.8, 4) is 6.07 Å². The lowest BCUT2D eigenvalue weighted by Crippen LogP contribution is -1.99. The van der Waals surface area contributed by atoms with Gasteiger partial charge in [-0.3, -0.25) is 0 Å². The highest BCUT2D eigenvalue weighted by Crippen LogP contribution is 2.30. The van der Waals surface area contributed by atoms with Crippen LogP contribution in [0.1, 0.15) is 15.9 Å². The first-order chi connectivity index (χ1) is 9.52. The second kappa shape index (κ2) is 5.95. The third-order valence-corrected chi connectivity index (χ3v) is 3.58. The monoisotopic (exact) mass is 350 g/mol. The molecule has 0 heterocycles. The van der Waals surface area contributed by atoms with Crippen molar-refractivity contribution in [2.75, 3.05) is 5.32 Å². The van der Waals surface area contributed by atoms with Gasteiger partial charge in [0, 0.05) is 4.47 Å². The molecule has 0 fully saturated rings.